The topological polar surface area (TPSA) is 67.1 Å². The zero-order valence-corrected chi connectivity index (χ0v) is 18.1. The van der Waals surface area contributed by atoms with Crippen molar-refractivity contribution in [1.82, 2.24) is 24.6 Å². The molecule has 9 heteroatoms. The van der Waals surface area contributed by atoms with Crippen LogP contribution >= 0.6 is 0 Å². The first-order chi connectivity index (χ1) is 15.3. The van der Waals surface area contributed by atoms with Gasteiger partial charge in [-0.05, 0) is 30.2 Å². The normalized spacial score (nSPS) is 17.9. The maximum atomic E-state index is 13.8. The molecule has 0 aliphatic carbocycles. The molecule has 2 N–H and O–H groups in total. The average Bonchev–Trinajstić information content (AvgIpc) is 3.44. The fourth-order valence-electron chi connectivity index (χ4n) is 4.23. The zero-order valence-electron chi connectivity index (χ0n) is 18.1. The number of hydrogen-bond donors (Lipinski definition) is 2. The third-order valence-corrected chi connectivity index (χ3v) is 5.87. The Morgan fingerprint density at radius 3 is 2.66 bits per heavy atom. The van der Waals surface area contributed by atoms with Gasteiger partial charge in [-0.1, -0.05) is 12.5 Å². The second kappa shape index (κ2) is 8.38. The fourth-order valence-corrected chi connectivity index (χ4v) is 4.23. The van der Waals surface area contributed by atoms with Crippen LogP contribution in [-0.2, 0) is 14.1 Å². The molecular formula is C23H24F2N6O. The zero-order chi connectivity index (χ0) is 23.0. The van der Waals surface area contributed by atoms with Crippen LogP contribution in [0.5, 0.6) is 0 Å². The molecule has 166 valence electrons. The van der Waals surface area contributed by atoms with Crippen molar-refractivity contribution in [2.75, 3.05) is 18.4 Å². The molecule has 2 amide bonds. The molecule has 1 aliphatic heterocycles. The lowest BCUT2D eigenvalue weighted by atomic mass is 9.94. The van der Waals surface area contributed by atoms with Gasteiger partial charge in [0.15, 0.2) is 11.6 Å². The van der Waals surface area contributed by atoms with Gasteiger partial charge in [0.1, 0.15) is 5.82 Å². The summed E-state index contributed by atoms with van der Waals surface area (Å²) >= 11 is 0. The first kappa shape index (κ1) is 21.4. The third-order valence-electron chi connectivity index (χ3n) is 5.87. The van der Waals surface area contributed by atoms with Gasteiger partial charge in [-0.3, -0.25) is 10.00 Å². The smallest absolute Gasteiger partial charge is 0.320 e. The van der Waals surface area contributed by atoms with Gasteiger partial charge in [0.25, 0.3) is 0 Å². The first-order valence-corrected chi connectivity index (χ1v) is 10.2. The lowest BCUT2D eigenvalue weighted by Gasteiger charge is -2.20. The number of aromatic nitrogens is 3. The molecule has 32 heavy (non-hydrogen) atoms. The molecule has 7 nitrogen and oxygen atoms in total. The number of halogens is 2. The SMILES string of the molecule is C#CN1CC(c2ccc(F)c(F)c2)[C@H](NC(=O)Nc2c(C)c(-c3cnn(C)c3)cn2C)C1. The summed E-state index contributed by atoms with van der Waals surface area (Å²) < 4.78 is 30.7. The predicted molar refractivity (Wildman–Crippen MR) is 118 cm³/mol. The van der Waals surface area contributed by atoms with Crippen LogP contribution in [-0.4, -0.2) is 44.4 Å². The molecule has 0 radical (unpaired) electrons. The molecule has 0 bridgehead atoms. The second-order valence-electron chi connectivity index (χ2n) is 8.05. The Bertz CT molecular complexity index is 1210. The van der Waals surface area contributed by atoms with Gasteiger partial charge >= 0.3 is 6.03 Å². The van der Waals surface area contributed by atoms with Crippen LogP contribution < -0.4 is 10.6 Å². The molecule has 1 aromatic carbocycles. The van der Waals surface area contributed by atoms with Crippen LogP contribution in [0.15, 0.2) is 36.8 Å². The van der Waals surface area contributed by atoms with Crippen LogP contribution in [0.2, 0.25) is 0 Å². The molecule has 4 rings (SSSR count). The Hall–Kier alpha value is -3.80. The van der Waals surface area contributed by atoms with E-state index in [4.69, 9.17) is 6.42 Å². The quantitative estimate of drug-likeness (QED) is 0.615. The lowest BCUT2D eigenvalue weighted by molar-refractivity contribution is 0.247. The van der Waals surface area contributed by atoms with Crippen molar-refractivity contribution >= 4 is 11.8 Å². The van der Waals surface area contributed by atoms with Gasteiger partial charge in [-0.25, -0.2) is 13.6 Å². The molecule has 2 atom stereocenters. The number of benzene rings is 1. The van der Waals surface area contributed by atoms with E-state index < -0.39 is 17.7 Å². The van der Waals surface area contributed by atoms with Crippen molar-refractivity contribution in [2.45, 2.75) is 18.9 Å². The molecular weight excluding hydrogens is 414 g/mol. The van der Waals surface area contributed by atoms with Gasteiger partial charge in [0.05, 0.1) is 12.2 Å². The van der Waals surface area contributed by atoms with Crippen LogP contribution in [0, 0.1) is 31.0 Å². The maximum absolute atomic E-state index is 13.8. The van der Waals surface area contributed by atoms with Crippen molar-refractivity contribution in [3.05, 3.63) is 59.6 Å². The van der Waals surface area contributed by atoms with E-state index in [1.807, 2.05) is 38.0 Å². The first-order valence-electron chi connectivity index (χ1n) is 10.2. The number of carbonyl (C=O) groups is 1. The highest BCUT2D eigenvalue weighted by atomic mass is 19.2. The van der Waals surface area contributed by atoms with Gasteiger partial charge in [0, 0.05) is 62.7 Å². The predicted octanol–water partition coefficient (Wildman–Crippen LogP) is 3.19. The van der Waals surface area contributed by atoms with Crippen LogP contribution in [0.1, 0.15) is 17.0 Å². The molecule has 0 spiro atoms. The summed E-state index contributed by atoms with van der Waals surface area (Å²) in [6.07, 6.45) is 11.2. The van der Waals surface area contributed by atoms with E-state index in [0.29, 0.717) is 24.5 Å². The summed E-state index contributed by atoms with van der Waals surface area (Å²) in [5.74, 6) is -1.46. The molecule has 2 aromatic heterocycles. The molecule has 3 heterocycles. The summed E-state index contributed by atoms with van der Waals surface area (Å²) in [6.45, 7) is 2.76. The number of urea groups is 1. The number of nitrogens with one attached hydrogen (secondary N) is 2. The summed E-state index contributed by atoms with van der Waals surface area (Å²) in [6, 6.07) is 5.58. The van der Waals surface area contributed by atoms with Crippen molar-refractivity contribution < 1.29 is 13.6 Å². The number of likely N-dealkylation sites (tertiary alicyclic amines) is 1. The number of rotatable bonds is 4. The van der Waals surface area contributed by atoms with E-state index in [1.165, 1.54) is 6.07 Å². The Morgan fingerprint density at radius 1 is 1.22 bits per heavy atom. The molecule has 1 aliphatic rings. The number of hydrogen-bond acceptors (Lipinski definition) is 3. The minimum absolute atomic E-state index is 0.271. The number of carbonyl (C=O) groups excluding carboxylic acids is 1. The summed E-state index contributed by atoms with van der Waals surface area (Å²) in [5, 5.41) is 10.1. The highest BCUT2D eigenvalue weighted by molar-refractivity contribution is 5.91. The standard InChI is InChI=1S/C23H24F2N6O/c1-5-31-12-18(15-6-7-19(24)20(25)8-15)21(13-31)27-23(32)28-22-14(2)17(11-29(22)3)16-9-26-30(4)10-16/h1,6-11,18,21H,12-13H2,2-4H3,(H2,27,28,32)/t18?,21-/m1/s1. The monoisotopic (exact) mass is 438 g/mol. The number of anilines is 1. The van der Waals surface area contributed by atoms with Crippen molar-refractivity contribution in [3.63, 3.8) is 0 Å². The van der Waals surface area contributed by atoms with E-state index in [-0.39, 0.29) is 12.0 Å². The Balaban J connectivity index is 1.52. The maximum Gasteiger partial charge on any atom is 0.320 e. The second-order valence-corrected chi connectivity index (χ2v) is 8.05. The van der Waals surface area contributed by atoms with Crippen LogP contribution in [0.3, 0.4) is 0 Å². The van der Waals surface area contributed by atoms with E-state index in [2.05, 4.69) is 21.8 Å². The molecule has 3 aromatic rings. The van der Waals surface area contributed by atoms with Crippen LogP contribution in [0.25, 0.3) is 11.1 Å². The summed E-state index contributed by atoms with van der Waals surface area (Å²) in [4.78, 5) is 14.6. The molecule has 1 saturated heterocycles. The number of aryl methyl sites for hydroxylation is 2. The summed E-state index contributed by atoms with van der Waals surface area (Å²) in [7, 11) is 3.70. The number of amides is 2. The van der Waals surface area contributed by atoms with Crippen molar-refractivity contribution in [2.24, 2.45) is 14.1 Å². The van der Waals surface area contributed by atoms with E-state index >= 15 is 0 Å². The number of terminal acetylenes is 1. The van der Waals surface area contributed by atoms with Crippen LogP contribution in [0.4, 0.5) is 19.4 Å². The van der Waals surface area contributed by atoms with Crippen molar-refractivity contribution in [3.8, 4) is 23.6 Å². The minimum atomic E-state index is -0.924. The average molecular weight is 438 g/mol. The van der Waals surface area contributed by atoms with Gasteiger partial charge in [-0.2, -0.15) is 5.10 Å². The van der Waals surface area contributed by atoms with Gasteiger partial charge < -0.3 is 14.8 Å². The Kier molecular flexibility index (Phi) is 5.61. The van der Waals surface area contributed by atoms with E-state index in [9.17, 15) is 13.6 Å². The van der Waals surface area contributed by atoms with E-state index in [0.717, 1.165) is 28.8 Å². The largest absolute Gasteiger partial charge is 0.337 e. The Labute approximate surface area is 185 Å². The molecule has 0 saturated carbocycles. The number of nitrogens with zero attached hydrogens (tertiary/aromatic N) is 4. The fraction of sp³-hybridized carbons (Fsp3) is 0.304. The summed E-state index contributed by atoms with van der Waals surface area (Å²) in [5.41, 5.74) is 3.41. The highest BCUT2D eigenvalue weighted by Crippen LogP contribution is 2.31. The Morgan fingerprint density at radius 2 is 2.00 bits per heavy atom. The van der Waals surface area contributed by atoms with Crippen molar-refractivity contribution in [1.29, 1.82) is 0 Å². The highest BCUT2D eigenvalue weighted by Gasteiger charge is 2.34. The third kappa shape index (κ3) is 4.04. The van der Waals surface area contributed by atoms with Gasteiger partial charge in [-0.15, -0.1) is 0 Å². The van der Waals surface area contributed by atoms with Gasteiger partial charge in [0.2, 0.25) is 0 Å². The minimum Gasteiger partial charge on any atom is -0.337 e. The van der Waals surface area contributed by atoms with E-state index in [1.54, 1.807) is 15.8 Å². The molecule has 1 fully saturated rings. The molecule has 1 unspecified atom stereocenters. The lowest BCUT2D eigenvalue weighted by Crippen LogP contribution is -2.42.